The van der Waals surface area contributed by atoms with E-state index in [0.29, 0.717) is 11.6 Å². The van der Waals surface area contributed by atoms with Crippen molar-refractivity contribution in [2.45, 2.75) is 52.6 Å². The van der Waals surface area contributed by atoms with Crippen molar-refractivity contribution in [2.24, 2.45) is 0 Å². The summed E-state index contributed by atoms with van der Waals surface area (Å²) in [6, 6.07) is 3.69. The van der Waals surface area contributed by atoms with Crippen molar-refractivity contribution < 1.29 is 0 Å². The monoisotopic (exact) mass is 317 g/mol. The highest BCUT2D eigenvalue weighted by Gasteiger charge is 2.27. The number of aromatic amines is 1. The number of pyridine rings is 1. The normalized spacial score (nSPS) is 18.0. The molecule has 1 fully saturated rings. The molecule has 2 aromatic rings. The van der Waals surface area contributed by atoms with E-state index >= 15 is 0 Å². The maximum Gasteiger partial charge on any atom is 0.248 e. The van der Waals surface area contributed by atoms with Crippen LogP contribution in [0.3, 0.4) is 0 Å². The van der Waals surface area contributed by atoms with E-state index in [-0.39, 0.29) is 11.1 Å². The largest absolute Gasteiger partial charge is 0.339 e. The molecule has 1 aliphatic heterocycles. The Hall–Kier alpha value is -1.95. The van der Waals surface area contributed by atoms with E-state index in [9.17, 15) is 4.79 Å². The third-order valence-electron chi connectivity index (χ3n) is 3.56. The first-order chi connectivity index (χ1) is 10.9. The smallest absolute Gasteiger partial charge is 0.248 e. The number of H-pyrrole nitrogens is 1. The van der Waals surface area contributed by atoms with Crippen molar-refractivity contribution in [3.05, 3.63) is 28.7 Å². The van der Waals surface area contributed by atoms with Crippen LogP contribution in [0.1, 0.15) is 41.0 Å². The number of hydrogen-bond donors (Lipinski definition) is 2. The van der Waals surface area contributed by atoms with E-state index in [1.54, 1.807) is 12.3 Å². The van der Waals surface area contributed by atoms with Crippen LogP contribution < -0.4 is 15.8 Å². The molecule has 1 unspecified atom stereocenters. The minimum Gasteiger partial charge on any atom is -0.339 e. The van der Waals surface area contributed by atoms with Gasteiger partial charge in [0, 0.05) is 30.7 Å². The third kappa shape index (κ3) is 4.51. The molecule has 0 aliphatic carbocycles. The van der Waals surface area contributed by atoms with Gasteiger partial charge in [-0.05, 0) is 33.3 Å². The van der Waals surface area contributed by atoms with Gasteiger partial charge in [0.05, 0.1) is 17.2 Å². The lowest BCUT2D eigenvalue weighted by molar-refractivity contribution is 0.373. The summed E-state index contributed by atoms with van der Waals surface area (Å²) in [4.78, 5) is 25.1. The highest BCUT2D eigenvalue weighted by Crippen LogP contribution is 2.19. The van der Waals surface area contributed by atoms with Gasteiger partial charge in [-0.1, -0.05) is 13.8 Å². The fourth-order valence-corrected chi connectivity index (χ4v) is 2.76. The number of nitrogens with one attached hydrogen (secondary N) is 2. The zero-order valence-corrected chi connectivity index (χ0v) is 14.7. The number of rotatable bonds is 2. The molecule has 126 valence electrons. The lowest BCUT2D eigenvalue weighted by atomic mass is 10.1. The number of aromatic nitrogens is 3. The number of anilines is 1. The zero-order valence-electron chi connectivity index (χ0n) is 14.7. The molecule has 0 aromatic carbocycles. The first kappa shape index (κ1) is 17.4. The average Bonchev–Trinajstić information content (AvgIpc) is 2.95. The van der Waals surface area contributed by atoms with Crippen molar-refractivity contribution in [1.82, 2.24) is 20.3 Å². The second-order valence-electron chi connectivity index (χ2n) is 6.62. The van der Waals surface area contributed by atoms with E-state index in [2.05, 4.69) is 45.9 Å². The number of fused-ring (bicyclic) bond motifs is 1. The van der Waals surface area contributed by atoms with Crippen molar-refractivity contribution in [1.29, 1.82) is 0 Å². The molecule has 0 spiro atoms. The maximum atomic E-state index is 11.3. The predicted octanol–water partition coefficient (Wildman–Crippen LogP) is 2.31. The summed E-state index contributed by atoms with van der Waals surface area (Å²) in [5.74, 6) is 0.729. The van der Waals surface area contributed by atoms with Gasteiger partial charge < -0.3 is 15.2 Å². The fraction of sp³-hybridized carbons (Fsp3) is 0.588. The molecule has 6 heteroatoms. The van der Waals surface area contributed by atoms with Gasteiger partial charge in [-0.25, -0.2) is 9.97 Å². The molecule has 2 aromatic heterocycles. The Balaban J connectivity index is 0.000000924. The van der Waals surface area contributed by atoms with Crippen LogP contribution in [-0.2, 0) is 0 Å². The van der Waals surface area contributed by atoms with E-state index in [1.807, 2.05) is 13.8 Å². The van der Waals surface area contributed by atoms with Gasteiger partial charge in [-0.15, -0.1) is 0 Å². The SMILES string of the molecule is CC.CC(C)(C)NC1CCN(c2ncc3[nH]c(=O)ccc3n2)C1. The summed E-state index contributed by atoms with van der Waals surface area (Å²) in [6.07, 6.45) is 2.77. The molecule has 23 heavy (non-hydrogen) atoms. The molecule has 3 heterocycles. The zero-order chi connectivity index (χ0) is 17.0. The molecule has 1 atom stereocenters. The topological polar surface area (TPSA) is 73.9 Å². The van der Waals surface area contributed by atoms with Gasteiger partial charge in [0.25, 0.3) is 0 Å². The Morgan fingerprint density at radius 2 is 2.04 bits per heavy atom. The van der Waals surface area contributed by atoms with Gasteiger partial charge in [0.2, 0.25) is 11.5 Å². The van der Waals surface area contributed by atoms with Crippen LogP contribution in [0.4, 0.5) is 5.95 Å². The van der Waals surface area contributed by atoms with Crippen LogP contribution in [0.5, 0.6) is 0 Å². The van der Waals surface area contributed by atoms with Crippen LogP contribution >= 0.6 is 0 Å². The van der Waals surface area contributed by atoms with Crippen LogP contribution in [0.25, 0.3) is 11.0 Å². The average molecular weight is 317 g/mol. The fourth-order valence-electron chi connectivity index (χ4n) is 2.76. The Labute approximate surface area is 137 Å². The van der Waals surface area contributed by atoms with Gasteiger partial charge in [-0.2, -0.15) is 0 Å². The number of nitrogens with zero attached hydrogens (tertiary/aromatic N) is 3. The lowest BCUT2D eigenvalue weighted by Gasteiger charge is -2.26. The molecular formula is C17H27N5O. The molecular weight excluding hydrogens is 290 g/mol. The standard InChI is InChI=1S/C15H21N5O.C2H6/c1-15(2,3)19-10-6-7-20(9-10)14-16-8-12-11(18-14)4-5-13(21)17-12;1-2/h4-5,8,10,19H,6-7,9H2,1-3H3,(H,17,21);1-2H3. The predicted molar refractivity (Wildman–Crippen MR) is 95.0 cm³/mol. The Morgan fingerprint density at radius 1 is 1.30 bits per heavy atom. The summed E-state index contributed by atoms with van der Waals surface area (Å²) in [7, 11) is 0. The van der Waals surface area contributed by atoms with Crippen LogP contribution in [0, 0.1) is 0 Å². The molecule has 3 rings (SSSR count). The summed E-state index contributed by atoms with van der Waals surface area (Å²) < 4.78 is 0. The van der Waals surface area contributed by atoms with E-state index in [4.69, 9.17) is 0 Å². The van der Waals surface area contributed by atoms with E-state index in [1.165, 1.54) is 6.07 Å². The summed E-state index contributed by atoms with van der Waals surface area (Å²) in [6.45, 7) is 12.4. The third-order valence-corrected chi connectivity index (χ3v) is 3.56. The summed E-state index contributed by atoms with van der Waals surface area (Å²) in [5, 5.41) is 3.62. The van der Waals surface area contributed by atoms with Crippen molar-refractivity contribution in [3.63, 3.8) is 0 Å². The summed E-state index contributed by atoms with van der Waals surface area (Å²) >= 11 is 0. The number of hydrogen-bond acceptors (Lipinski definition) is 5. The molecule has 0 amide bonds. The van der Waals surface area contributed by atoms with Gasteiger partial charge in [0.1, 0.15) is 0 Å². The summed E-state index contributed by atoms with van der Waals surface area (Å²) in [5.41, 5.74) is 1.43. The Morgan fingerprint density at radius 3 is 2.74 bits per heavy atom. The van der Waals surface area contributed by atoms with E-state index < -0.39 is 0 Å². The van der Waals surface area contributed by atoms with Crippen molar-refractivity contribution in [3.8, 4) is 0 Å². The molecule has 2 N–H and O–H groups in total. The van der Waals surface area contributed by atoms with Crippen molar-refractivity contribution in [2.75, 3.05) is 18.0 Å². The molecule has 1 saturated heterocycles. The lowest BCUT2D eigenvalue weighted by Crippen LogP contribution is -2.45. The first-order valence-corrected chi connectivity index (χ1v) is 8.29. The minimum atomic E-state index is -0.130. The first-order valence-electron chi connectivity index (χ1n) is 8.29. The second-order valence-corrected chi connectivity index (χ2v) is 6.62. The molecule has 1 aliphatic rings. The van der Waals surface area contributed by atoms with Gasteiger partial charge >= 0.3 is 0 Å². The van der Waals surface area contributed by atoms with E-state index in [0.717, 1.165) is 31.0 Å². The van der Waals surface area contributed by atoms with Crippen molar-refractivity contribution >= 4 is 17.0 Å². The van der Waals surface area contributed by atoms with Gasteiger partial charge in [0.15, 0.2) is 0 Å². The quantitative estimate of drug-likeness (QED) is 0.889. The molecule has 6 nitrogen and oxygen atoms in total. The van der Waals surface area contributed by atoms with Crippen LogP contribution in [0.2, 0.25) is 0 Å². The molecule has 0 radical (unpaired) electrons. The maximum absolute atomic E-state index is 11.3. The Bertz CT molecular complexity index is 704. The van der Waals surface area contributed by atoms with Crippen LogP contribution in [-0.4, -0.2) is 39.6 Å². The molecule has 0 saturated carbocycles. The molecule has 0 bridgehead atoms. The highest BCUT2D eigenvalue weighted by atomic mass is 16.1. The van der Waals surface area contributed by atoms with Gasteiger partial charge in [-0.3, -0.25) is 4.79 Å². The minimum absolute atomic E-state index is 0.115. The van der Waals surface area contributed by atoms with Crippen LogP contribution in [0.15, 0.2) is 23.1 Å². The second kappa shape index (κ2) is 7.08. The Kier molecular flexibility index (Phi) is 5.36. The highest BCUT2D eigenvalue weighted by molar-refractivity contribution is 5.73.